The van der Waals surface area contributed by atoms with Gasteiger partial charge in [0.1, 0.15) is 11.6 Å². The molecule has 0 aromatic heterocycles. The Hall–Kier alpha value is -2.49. The molecule has 27 heavy (non-hydrogen) atoms. The number of likely N-dealkylation sites (N-methyl/N-ethyl adjacent to an activating group) is 1. The first-order chi connectivity index (χ1) is 12.7. The monoisotopic (exact) mass is 413 g/mol. The Balaban J connectivity index is 2.00. The van der Waals surface area contributed by atoms with Gasteiger partial charge in [-0.15, -0.1) is 0 Å². The maximum absolute atomic E-state index is 12.8. The van der Waals surface area contributed by atoms with Crippen molar-refractivity contribution in [3.63, 3.8) is 0 Å². The molecule has 0 aliphatic rings. The van der Waals surface area contributed by atoms with Gasteiger partial charge in [-0.2, -0.15) is 9.41 Å². The van der Waals surface area contributed by atoms with Crippen LogP contribution in [0, 0.1) is 5.82 Å². The molecule has 0 aliphatic heterocycles. The Morgan fingerprint density at radius 1 is 1.30 bits per heavy atom. The molecule has 0 fully saturated rings. The summed E-state index contributed by atoms with van der Waals surface area (Å²) in [5.41, 5.74) is 2.79. The zero-order valence-corrected chi connectivity index (χ0v) is 16.1. The van der Waals surface area contributed by atoms with Gasteiger partial charge in [-0.25, -0.2) is 18.2 Å². The van der Waals surface area contributed by atoms with E-state index in [1.165, 1.54) is 62.8 Å². The van der Waals surface area contributed by atoms with Crippen LogP contribution in [0.2, 0.25) is 5.02 Å². The van der Waals surface area contributed by atoms with Crippen LogP contribution in [-0.2, 0) is 14.8 Å². The van der Waals surface area contributed by atoms with Crippen LogP contribution in [0.15, 0.2) is 52.5 Å². The second-order valence-corrected chi connectivity index (χ2v) is 7.85. The summed E-state index contributed by atoms with van der Waals surface area (Å²) in [5.74, 6) is -0.688. The lowest BCUT2D eigenvalue weighted by molar-refractivity contribution is -0.121. The molecular weight excluding hydrogens is 397 g/mol. The Labute approximate surface area is 161 Å². The molecular formula is C17H17ClFN3O4S. The zero-order valence-electron chi connectivity index (χ0n) is 14.5. The molecule has 0 bridgehead atoms. The highest BCUT2D eigenvalue weighted by atomic mass is 35.5. The molecule has 144 valence electrons. The quantitative estimate of drug-likeness (QED) is 0.557. The third-order valence-electron chi connectivity index (χ3n) is 3.47. The van der Waals surface area contributed by atoms with E-state index >= 15 is 0 Å². The highest BCUT2D eigenvalue weighted by molar-refractivity contribution is 7.89. The van der Waals surface area contributed by atoms with E-state index in [0.717, 1.165) is 4.31 Å². The molecule has 0 saturated heterocycles. The first-order valence-corrected chi connectivity index (χ1v) is 9.43. The van der Waals surface area contributed by atoms with Gasteiger partial charge in [0.25, 0.3) is 5.91 Å². The molecule has 7 nitrogen and oxygen atoms in total. The number of nitrogens with zero attached hydrogens (tertiary/aromatic N) is 2. The Morgan fingerprint density at radius 3 is 2.56 bits per heavy atom. The van der Waals surface area contributed by atoms with E-state index in [9.17, 15) is 17.6 Å². The van der Waals surface area contributed by atoms with E-state index in [2.05, 4.69) is 10.5 Å². The summed E-state index contributed by atoms with van der Waals surface area (Å²) >= 11 is 5.95. The molecule has 10 heteroatoms. The molecule has 0 unspecified atom stereocenters. The highest BCUT2D eigenvalue weighted by Gasteiger charge is 2.23. The molecule has 0 atom stereocenters. The van der Waals surface area contributed by atoms with Crippen LogP contribution in [0.25, 0.3) is 0 Å². The van der Waals surface area contributed by atoms with Gasteiger partial charge < -0.3 is 4.74 Å². The molecule has 2 aromatic rings. The number of methoxy groups -OCH3 is 1. The number of halogens is 2. The number of hydrogen-bond donors (Lipinski definition) is 1. The molecule has 0 saturated carbocycles. The van der Waals surface area contributed by atoms with Gasteiger partial charge >= 0.3 is 0 Å². The minimum Gasteiger partial charge on any atom is -0.495 e. The van der Waals surface area contributed by atoms with Gasteiger partial charge in [-0.05, 0) is 35.9 Å². The van der Waals surface area contributed by atoms with Crippen molar-refractivity contribution < 1.29 is 22.3 Å². The lowest BCUT2D eigenvalue weighted by Gasteiger charge is -2.16. The first-order valence-electron chi connectivity index (χ1n) is 7.61. The molecule has 1 N–H and O–H groups in total. The van der Waals surface area contributed by atoms with Crippen molar-refractivity contribution in [3.05, 3.63) is 58.9 Å². The number of rotatable bonds is 7. The van der Waals surface area contributed by atoms with Crippen LogP contribution in [0.1, 0.15) is 5.56 Å². The highest BCUT2D eigenvalue weighted by Crippen LogP contribution is 2.27. The minimum atomic E-state index is -3.92. The van der Waals surface area contributed by atoms with Crippen LogP contribution in [0.5, 0.6) is 5.75 Å². The van der Waals surface area contributed by atoms with Crippen molar-refractivity contribution in [2.75, 3.05) is 20.7 Å². The smallest absolute Gasteiger partial charge is 0.255 e. The van der Waals surface area contributed by atoms with Gasteiger partial charge in [0.2, 0.25) is 10.0 Å². The van der Waals surface area contributed by atoms with Gasteiger partial charge in [0.15, 0.2) is 0 Å². The van der Waals surface area contributed by atoms with Crippen LogP contribution < -0.4 is 10.2 Å². The summed E-state index contributed by atoms with van der Waals surface area (Å²) in [6, 6.07) is 9.48. The number of hydrogen-bond acceptors (Lipinski definition) is 5. The maximum atomic E-state index is 12.8. The second kappa shape index (κ2) is 8.94. The Bertz CT molecular complexity index is 949. The van der Waals surface area contributed by atoms with E-state index in [0.29, 0.717) is 11.3 Å². The fraction of sp³-hybridized carbons (Fsp3) is 0.176. The number of carbonyl (C=O) groups is 1. The first kappa shape index (κ1) is 20.8. The average molecular weight is 414 g/mol. The van der Waals surface area contributed by atoms with Crippen LogP contribution in [0.3, 0.4) is 0 Å². The number of hydrazone groups is 1. The van der Waals surface area contributed by atoms with Gasteiger partial charge in [-0.1, -0.05) is 23.7 Å². The fourth-order valence-corrected chi connectivity index (χ4v) is 3.51. The van der Waals surface area contributed by atoms with Crippen LogP contribution in [0.4, 0.5) is 4.39 Å². The van der Waals surface area contributed by atoms with Crippen LogP contribution >= 0.6 is 11.6 Å². The number of ether oxygens (including phenoxy) is 1. The largest absolute Gasteiger partial charge is 0.495 e. The van der Waals surface area contributed by atoms with E-state index in [-0.39, 0.29) is 15.7 Å². The maximum Gasteiger partial charge on any atom is 0.255 e. The van der Waals surface area contributed by atoms with Crippen molar-refractivity contribution in [1.29, 1.82) is 0 Å². The van der Waals surface area contributed by atoms with Crippen molar-refractivity contribution in [3.8, 4) is 5.75 Å². The SMILES string of the molecule is COc1ccc(S(=O)(=O)N(C)CC(=O)N/N=C/c2ccc(F)cc2)cc1Cl. The van der Waals surface area contributed by atoms with Crippen molar-refractivity contribution >= 4 is 33.7 Å². The number of nitrogens with one attached hydrogen (secondary N) is 1. The summed E-state index contributed by atoms with van der Waals surface area (Å²) in [5, 5.41) is 3.85. The molecule has 0 aliphatic carbocycles. The number of amides is 1. The summed E-state index contributed by atoms with van der Waals surface area (Å²) < 4.78 is 43.7. The number of sulfonamides is 1. The standard InChI is InChI=1S/C17H17ClFN3O4S/c1-22(27(24,25)14-7-8-16(26-2)15(18)9-14)11-17(23)21-20-10-12-3-5-13(19)6-4-12/h3-10H,11H2,1-2H3,(H,21,23)/b20-10+. The minimum absolute atomic E-state index is 0.0709. The van der Waals surface area contributed by atoms with Crippen molar-refractivity contribution in [2.24, 2.45) is 5.10 Å². The van der Waals surface area contributed by atoms with E-state index in [1.54, 1.807) is 0 Å². The lowest BCUT2D eigenvalue weighted by Crippen LogP contribution is -2.36. The molecule has 2 aromatic carbocycles. The third kappa shape index (κ3) is 5.49. The van der Waals surface area contributed by atoms with Gasteiger partial charge in [0, 0.05) is 7.05 Å². The van der Waals surface area contributed by atoms with Crippen molar-refractivity contribution in [2.45, 2.75) is 4.90 Å². The summed E-state index contributed by atoms with van der Waals surface area (Å²) in [6.07, 6.45) is 1.31. The lowest BCUT2D eigenvalue weighted by atomic mass is 10.2. The van der Waals surface area contributed by atoms with Gasteiger partial charge in [-0.3, -0.25) is 4.79 Å². The molecule has 0 heterocycles. The molecule has 2 rings (SSSR count). The van der Waals surface area contributed by atoms with E-state index < -0.39 is 22.5 Å². The van der Waals surface area contributed by atoms with E-state index in [1.807, 2.05) is 0 Å². The predicted molar refractivity (Wildman–Crippen MR) is 100.0 cm³/mol. The summed E-state index contributed by atoms with van der Waals surface area (Å²) in [7, 11) is -1.25. The van der Waals surface area contributed by atoms with Gasteiger partial charge in [0.05, 0.1) is 29.8 Å². The molecule has 1 amide bonds. The zero-order chi connectivity index (χ0) is 20.0. The topological polar surface area (TPSA) is 88.1 Å². The normalized spacial score (nSPS) is 11.7. The Morgan fingerprint density at radius 2 is 1.96 bits per heavy atom. The summed E-state index contributed by atoms with van der Waals surface area (Å²) in [4.78, 5) is 11.8. The Kier molecular flexibility index (Phi) is 6.89. The summed E-state index contributed by atoms with van der Waals surface area (Å²) in [6.45, 7) is -0.452. The number of benzene rings is 2. The fourth-order valence-electron chi connectivity index (χ4n) is 2.04. The molecule has 0 spiro atoms. The predicted octanol–water partition coefficient (Wildman–Crippen LogP) is 2.26. The second-order valence-electron chi connectivity index (χ2n) is 5.40. The van der Waals surface area contributed by atoms with E-state index in [4.69, 9.17) is 16.3 Å². The third-order valence-corrected chi connectivity index (χ3v) is 5.57. The number of carbonyl (C=O) groups excluding carboxylic acids is 1. The van der Waals surface area contributed by atoms with Crippen molar-refractivity contribution in [1.82, 2.24) is 9.73 Å². The molecule has 0 radical (unpaired) electrons. The van der Waals surface area contributed by atoms with Crippen LogP contribution in [-0.4, -0.2) is 45.5 Å². The average Bonchev–Trinajstić information content (AvgIpc) is 2.63.